The van der Waals surface area contributed by atoms with Crippen LogP contribution in [0, 0.1) is 0 Å². The summed E-state index contributed by atoms with van der Waals surface area (Å²) in [5.74, 6) is -0.738. The van der Waals surface area contributed by atoms with Crippen molar-refractivity contribution in [3.8, 4) is 0 Å². The smallest absolute Gasteiger partial charge is 0.315 e. The number of likely N-dealkylation sites (tertiary alicyclic amines) is 1. The molecule has 4 nitrogen and oxygen atoms in total. The molecule has 1 aliphatic heterocycles. The van der Waals surface area contributed by atoms with E-state index in [2.05, 4.69) is 4.90 Å². The molecule has 3 rings (SSSR count). The third kappa shape index (κ3) is 2.23. The first-order valence-corrected chi connectivity index (χ1v) is 6.73. The van der Waals surface area contributed by atoms with Gasteiger partial charge in [-0.2, -0.15) is 0 Å². The van der Waals surface area contributed by atoms with Crippen LogP contribution in [0.5, 0.6) is 0 Å². The number of furan rings is 1. The van der Waals surface area contributed by atoms with Crippen molar-refractivity contribution in [3.63, 3.8) is 0 Å². The van der Waals surface area contributed by atoms with Crippen LogP contribution in [0.3, 0.4) is 0 Å². The van der Waals surface area contributed by atoms with E-state index in [1.807, 2.05) is 36.4 Å². The van der Waals surface area contributed by atoms with E-state index >= 15 is 0 Å². The van der Waals surface area contributed by atoms with Crippen LogP contribution in [-0.4, -0.2) is 29.1 Å². The molecule has 0 amide bonds. The number of hydrogen-bond acceptors (Lipinski definition) is 3. The highest BCUT2D eigenvalue weighted by molar-refractivity contribution is 5.82. The summed E-state index contributed by atoms with van der Waals surface area (Å²) >= 11 is 0. The fraction of sp³-hybridized carbons (Fsp3) is 0.312. The minimum Gasteiger partial charge on any atom is -0.481 e. The summed E-state index contributed by atoms with van der Waals surface area (Å²) in [6.45, 7) is 2.06. The van der Waals surface area contributed by atoms with Crippen molar-refractivity contribution in [2.75, 3.05) is 13.1 Å². The molecule has 1 atom stereocenters. The van der Waals surface area contributed by atoms with Crippen molar-refractivity contribution in [2.45, 2.75) is 18.4 Å². The molecule has 1 saturated heterocycles. The lowest BCUT2D eigenvalue weighted by molar-refractivity contribution is -0.143. The maximum Gasteiger partial charge on any atom is 0.315 e. The van der Waals surface area contributed by atoms with E-state index in [-0.39, 0.29) is 0 Å². The first kappa shape index (κ1) is 12.9. The van der Waals surface area contributed by atoms with E-state index in [1.165, 1.54) is 0 Å². The van der Waals surface area contributed by atoms with Crippen molar-refractivity contribution in [1.29, 1.82) is 0 Å². The predicted octanol–water partition coefficient (Wildman–Crippen LogP) is 2.51. The molecule has 104 valence electrons. The molecule has 0 aliphatic carbocycles. The predicted molar refractivity (Wildman–Crippen MR) is 74.4 cm³/mol. The maximum atomic E-state index is 11.8. The molecule has 1 aromatic heterocycles. The Morgan fingerprint density at radius 2 is 2.10 bits per heavy atom. The van der Waals surface area contributed by atoms with Crippen LogP contribution in [0.1, 0.15) is 17.5 Å². The van der Waals surface area contributed by atoms with Gasteiger partial charge in [0.25, 0.3) is 0 Å². The Labute approximate surface area is 117 Å². The zero-order chi connectivity index (χ0) is 14.0. The molecule has 2 heterocycles. The van der Waals surface area contributed by atoms with Gasteiger partial charge in [-0.25, -0.2) is 0 Å². The molecule has 0 radical (unpaired) electrons. The molecule has 1 N–H and O–H groups in total. The highest BCUT2D eigenvalue weighted by Crippen LogP contribution is 2.35. The molecule has 1 aromatic carbocycles. The second-order valence-corrected chi connectivity index (χ2v) is 5.35. The lowest BCUT2D eigenvalue weighted by Gasteiger charge is -2.25. The van der Waals surface area contributed by atoms with Crippen LogP contribution in [0.25, 0.3) is 0 Å². The number of nitrogens with zero attached hydrogens (tertiary/aromatic N) is 1. The zero-order valence-corrected chi connectivity index (χ0v) is 11.2. The molecule has 1 unspecified atom stereocenters. The molecule has 20 heavy (non-hydrogen) atoms. The monoisotopic (exact) mass is 271 g/mol. The first-order valence-electron chi connectivity index (χ1n) is 6.73. The number of rotatable bonds is 4. The van der Waals surface area contributed by atoms with Gasteiger partial charge in [0.05, 0.1) is 12.5 Å². The second kappa shape index (κ2) is 5.13. The van der Waals surface area contributed by atoms with Crippen molar-refractivity contribution in [1.82, 2.24) is 4.90 Å². The molecule has 0 bridgehead atoms. The van der Waals surface area contributed by atoms with Gasteiger partial charge < -0.3 is 9.52 Å². The highest BCUT2D eigenvalue weighted by atomic mass is 16.4. The summed E-state index contributed by atoms with van der Waals surface area (Å²) in [7, 11) is 0. The van der Waals surface area contributed by atoms with E-state index in [1.54, 1.807) is 12.5 Å². The average Bonchev–Trinajstić information content (AvgIpc) is 3.10. The largest absolute Gasteiger partial charge is 0.481 e. The molecular weight excluding hydrogens is 254 g/mol. The standard InChI is InChI=1S/C16H17NO3/c18-15(19)16(14-4-2-1-3-5-14)7-8-17(12-16)10-13-6-9-20-11-13/h1-6,9,11H,7-8,10,12H2,(H,18,19). The van der Waals surface area contributed by atoms with E-state index in [0.29, 0.717) is 13.0 Å². The topological polar surface area (TPSA) is 53.7 Å². The van der Waals surface area contributed by atoms with Crippen molar-refractivity contribution in [2.24, 2.45) is 0 Å². The number of hydrogen-bond donors (Lipinski definition) is 1. The van der Waals surface area contributed by atoms with E-state index in [4.69, 9.17) is 4.42 Å². The van der Waals surface area contributed by atoms with Crippen LogP contribution in [0.2, 0.25) is 0 Å². The Kier molecular flexibility index (Phi) is 3.32. The minimum absolute atomic E-state index is 0.539. The van der Waals surface area contributed by atoms with Gasteiger partial charge in [0.15, 0.2) is 0 Å². The Balaban J connectivity index is 1.82. The Morgan fingerprint density at radius 1 is 1.30 bits per heavy atom. The van der Waals surface area contributed by atoms with Gasteiger partial charge in [-0.05, 0) is 18.1 Å². The van der Waals surface area contributed by atoms with Crippen molar-refractivity contribution in [3.05, 3.63) is 60.1 Å². The van der Waals surface area contributed by atoms with E-state index in [9.17, 15) is 9.90 Å². The van der Waals surface area contributed by atoms with Crippen LogP contribution >= 0.6 is 0 Å². The fourth-order valence-corrected chi connectivity index (χ4v) is 2.96. The van der Waals surface area contributed by atoms with Gasteiger partial charge in [-0.1, -0.05) is 30.3 Å². The molecule has 0 spiro atoms. The van der Waals surface area contributed by atoms with Crippen LogP contribution in [-0.2, 0) is 16.8 Å². The summed E-state index contributed by atoms with van der Waals surface area (Å²) in [4.78, 5) is 14.0. The van der Waals surface area contributed by atoms with Gasteiger partial charge in [-0.3, -0.25) is 9.69 Å². The minimum atomic E-state index is -0.787. The van der Waals surface area contributed by atoms with Crippen LogP contribution < -0.4 is 0 Å². The Bertz CT molecular complexity index is 579. The van der Waals surface area contributed by atoms with Gasteiger partial charge in [0.2, 0.25) is 0 Å². The number of carboxylic acid groups (broad SMARTS) is 1. The molecule has 2 aromatic rings. The third-order valence-electron chi connectivity index (χ3n) is 4.07. The summed E-state index contributed by atoms with van der Waals surface area (Å²) in [6, 6.07) is 11.5. The zero-order valence-electron chi connectivity index (χ0n) is 11.2. The van der Waals surface area contributed by atoms with Crippen molar-refractivity contribution >= 4 is 5.97 Å². The number of carboxylic acids is 1. The first-order chi connectivity index (χ1) is 9.71. The quantitative estimate of drug-likeness (QED) is 0.928. The Morgan fingerprint density at radius 3 is 2.75 bits per heavy atom. The average molecular weight is 271 g/mol. The number of benzene rings is 1. The normalized spacial score (nSPS) is 23.0. The van der Waals surface area contributed by atoms with Gasteiger partial charge in [0.1, 0.15) is 5.41 Å². The van der Waals surface area contributed by atoms with Gasteiger partial charge in [0, 0.05) is 25.2 Å². The summed E-state index contributed by atoms with van der Waals surface area (Å²) in [5, 5.41) is 9.72. The summed E-state index contributed by atoms with van der Waals surface area (Å²) in [5.41, 5.74) is 1.19. The lowest BCUT2D eigenvalue weighted by Crippen LogP contribution is -2.38. The molecular formula is C16H17NO3. The third-order valence-corrected chi connectivity index (χ3v) is 4.07. The maximum absolute atomic E-state index is 11.8. The Hall–Kier alpha value is -2.07. The molecule has 0 saturated carbocycles. The molecule has 1 fully saturated rings. The van der Waals surface area contributed by atoms with Gasteiger partial charge >= 0.3 is 5.97 Å². The second-order valence-electron chi connectivity index (χ2n) is 5.35. The summed E-state index contributed by atoms with van der Waals surface area (Å²) < 4.78 is 5.07. The molecule has 1 aliphatic rings. The van der Waals surface area contributed by atoms with Crippen molar-refractivity contribution < 1.29 is 14.3 Å². The SMILES string of the molecule is O=C(O)C1(c2ccccc2)CCN(Cc2ccoc2)C1. The number of aliphatic carboxylic acids is 1. The molecule has 4 heteroatoms. The van der Waals surface area contributed by atoms with E-state index in [0.717, 1.165) is 24.2 Å². The fourth-order valence-electron chi connectivity index (χ4n) is 2.96. The summed E-state index contributed by atoms with van der Waals surface area (Å²) in [6.07, 6.45) is 4.00. The van der Waals surface area contributed by atoms with Crippen LogP contribution in [0.15, 0.2) is 53.3 Å². The highest BCUT2D eigenvalue weighted by Gasteiger charge is 2.46. The number of carbonyl (C=O) groups is 1. The lowest BCUT2D eigenvalue weighted by atomic mass is 9.80. The van der Waals surface area contributed by atoms with Crippen LogP contribution in [0.4, 0.5) is 0 Å². The van der Waals surface area contributed by atoms with E-state index < -0.39 is 11.4 Å². The van der Waals surface area contributed by atoms with Gasteiger partial charge in [-0.15, -0.1) is 0 Å².